The molecule has 1 aromatic rings. The number of aliphatic hydroxyl groups is 1. The first kappa shape index (κ1) is 10.2. The molecule has 0 bridgehead atoms. The Kier molecular flexibility index (Phi) is 3.93. The molecule has 2 heteroatoms. The maximum atomic E-state index is 9.56. The SMILES string of the molecule is CCc1ccc(C(O)COC)cc1. The fraction of sp³-hybridized carbons (Fsp3) is 0.455. The fourth-order valence-corrected chi connectivity index (χ4v) is 1.23. The Morgan fingerprint density at radius 1 is 1.31 bits per heavy atom. The van der Waals surface area contributed by atoms with Gasteiger partial charge >= 0.3 is 0 Å². The van der Waals surface area contributed by atoms with Gasteiger partial charge in [-0.25, -0.2) is 0 Å². The van der Waals surface area contributed by atoms with Gasteiger partial charge in [0.1, 0.15) is 6.10 Å². The zero-order valence-corrected chi connectivity index (χ0v) is 8.16. The van der Waals surface area contributed by atoms with Crippen LogP contribution in [0.25, 0.3) is 0 Å². The lowest BCUT2D eigenvalue weighted by Gasteiger charge is -2.09. The van der Waals surface area contributed by atoms with Crippen LogP contribution in [-0.4, -0.2) is 18.8 Å². The molecule has 0 fully saturated rings. The average Bonchev–Trinajstić information content (AvgIpc) is 2.18. The molecule has 0 heterocycles. The molecule has 1 atom stereocenters. The van der Waals surface area contributed by atoms with E-state index in [2.05, 4.69) is 6.92 Å². The van der Waals surface area contributed by atoms with Gasteiger partial charge in [-0.2, -0.15) is 0 Å². The molecule has 0 saturated heterocycles. The summed E-state index contributed by atoms with van der Waals surface area (Å²) in [5.41, 5.74) is 2.20. The van der Waals surface area contributed by atoms with Crippen molar-refractivity contribution < 1.29 is 9.84 Å². The highest BCUT2D eigenvalue weighted by molar-refractivity contribution is 5.24. The van der Waals surface area contributed by atoms with Crippen molar-refractivity contribution in [2.75, 3.05) is 13.7 Å². The van der Waals surface area contributed by atoms with Gasteiger partial charge < -0.3 is 9.84 Å². The van der Waals surface area contributed by atoms with Crippen LogP contribution in [0.2, 0.25) is 0 Å². The lowest BCUT2D eigenvalue weighted by molar-refractivity contribution is 0.0644. The van der Waals surface area contributed by atoms with Gasteiger partial charge in [-0.15, -0.1) is 0 Å². The molecule has 0 aliphatic rings. The van der Waals surface area contributed by atoms with Crippen molar-refractivity contribution in [3.63, 3.8) is 0 Å². The van der Waals surface area contributed by atoms with Crippen molar-refractivity contribution in [1.29, 1.82) is 0 Å². The lowest BCUT2D eigenvalue weighted by Crippen LogP contribution is -2.04. The third kappa shape index (κ3) is 2.83. The van der Waals surface area contributed by atoms with Crippen LogP contribution >= 0.6 is 0 Å². The second-order valence-corrected chi connectivity index (χ2v) is 3.07. The Bertz CT molecular complexity index is 241. The molecule has 72 valence electrons. The van der Waals surface area contributed by atoms with Gasteiger partial charge in [0.25, 0.3) is 0 Å². The van der Waals surface area contributed by atoms with Crippen molar-refractivity contribution in [2.45, 2.75) is 19.4 Å². The minimum atomic E-state index is -0.504. The Hall–Kier alpha value is -0.860. The summed E-state index contributed by atoms with van der Waals surface area (Å²) in [7, 11) is 1.59. The topological polar surface area (TPSA) is 29.5 Å². The fourth-order valence-electron chi connectivity index (χ4n) is 1.23. The van der Waals surface area contributed by atoms with E-state index in [0.717, 1.165) is 12.0 Å². The van der Waals surface area contributed by atoms with E-state index in [0.29, 0.717) is 6.61 Å². The molecule has 0 saturated carbocycles. The van der Waals surface area contributed by atoms with Gasteiger partial charge in [-0.3, -0.25) is 0 Å². The van der Waals surface area contributed by atoms with Crippen LogP contribution in [0.5, 0.6) is 0 Å². The molecule has 0 spiro atoms. The summed E-state index contributed by atoms with van der Waals surface area (Å²) >= 11 is 0. The molecule has 1 N–H and O–H groups in total. The summed E-state index contributed by atoms with van der Waals surface area (Å²) in [4.78, 5) is 0. The smallest absolute Gasteiger partial charge is 0.102 e. The monoisotopic (exact) mass is 180 g/mol. The summed E-state index contributed by atoms with van der Waals surface area (Å²) in [5.74, 6) is 0. The molecule has 1 aromatic carbocycles. The molecular weight excluding hydrogens is 164 g/mol. The second kappa shape index (κ2) is 5.00. The first-order chi connectivity index (χ1) is 6.27. The highest BCUT2D eigenvalue weighted by atomic mass is 16.5. The second-order valence-electron chi connectivity index (χ2n) is 3.07. The van der Waals surface area contributed by atoms with Crippen LogP contribution in [0, 0.1) is 0 Å². The number of aliphatic hydroxyl groups excluding tert-OH is 1. The molecule has 0 radical (unpaired) electrons. The van der Waals surface area contributed by atoms with Crippen LogP contribution in [0.15, 0.2) is 24.3 Å². The summed E-state index contributed by atoms with van der Waals surface area (Å²) in [6.07, 6.45) is 0.525. The summed E-state index contributed by atoms with van der Waals surface area (Å²) in [6.45, 7) is 2.46. The van der Waals surface area contributed by atoms with E-state index in [9.17, 15) is 5.11 Å². The number of aryl methyl sites for hydroxylation is 1. The molecule has 0 aliphatic heterocycles. The van der Waals surface area contributed by atoms with Crippen LogP contribution in [-0.2, 0) is 11.2 Å². The van der Waals surface area contributed by atoms with Crippen molar-refractivity contribution in [3.05, 3.63) is 35.4 Å². The Morgan fingerprint density at radius 3 is 2.38 bits per heavy atom. The predicted octanol–water partition coefficient (Wildman–Crippen LogP) is 1.93. The third-order valence-corrected chi connectivity index (χ3v) is 2.10. The number of hydrogen-bond donors (Lipinski definition) is 1. The number of hydrogen-bond acceptors (Lipinski definition) is 2. The Balaban J connectivity index is 2.67. The van der Waals surface area contributed by atoms with Gasteiger partial charge in [0.2, 0.25) is 0 Å². The van der Waals surface area contributed by atoms with Crippen molar-refractivity contribution in [2.24, 2.45) is 0 Å². The molecule has 13 heavy (non-hydrogen) atoms. The largest absolute Gasteiger partial charge is 0.386 e. The van der Waals surface area contributed by atoms with Gasteiger partial charge in [0, 0.05) is 7.11 Å². The first-order valence-electron chi connectivity index (χ1n) is 4.53. The van der Waals surface area contributed by atoms with Crippen molar-refractivity contribution in [1.82, 2.24) is 0 Å². The molecular formula is C11H16O2. The number of benzene rings is 1. The van der Waals surface area contributed by atoms with Gasteiger partial charge in [-0.1, -0.05) is 31.2 Å². The van der Waals surface area contributed by atoms with Gasteiger partial charge in [0.15, 0.2) is 0 Å². The average molecular weight is 180 g/mol. The predicted molar refractivity (Wildman–Crippen MR) is 52.7 cm³/mol. The Labute approximate surface area is 79.2 Å². The van der Waals surface area contributed by atoms with Gasteiger partial charge in [-0.05, 0) is 17.5 Å². The van der Waals surface area contributed by atoms with Crippen LogP contribution in [0.3, 0.4) is 0 Å². The number of ether oxygens (including phenoxy) is 1. The minimum Gasteiger partial charge on any atom is -0.386 e. The van der Waals surface area contributed by atoms with E-state index in [4.69, 9.17) is 4.74 Å². The van der Waals surface area contributed by atoms with Gasteiger partial charge in [0.05, 0.1) is 6.61 Å². The maximum Gasteiger partial charge on any atom is 0.102 e. The Morgan fingerprint density at radius 2 is 1.92 bits per heavy atom. The molecule has 1 unspecified atom stereocenters. The highest BCUT2D eigenvalue weighted by Crippen LogP contribution is 2.13. The molecule has 0 aromatic heterocycles. The normalized spacial score (nSPS) is 12.8. The van der Waals surface area contributed by atoms with Crippen molar-refractivity contribution in [3.8, 4) is 0 Å². The summed E-state index contributed by atoms with van der Waals surface area (Å²) in [6, 6.07) is 7.97. The standard InChI is InChI=1S/C11H16O2/c1-3-9-4-6-10(7-5-9)11(12)8-13-2/h4-7,11-12H,3,8H2,1-2H3. The van der Waals surface area contributed by atoms with E-state index in [1.807, 2.05) is 24.3 Å². The van der Waals surface area contributed by atoms with E-state index >= 15 is 0 Å². The van der Waals surface area contributed by atoms with E-state index in [1.54, 1.807) is 7.11 Å². The quantitative estimate of drug-likeness (QED) is 0.767. The first-order valence-corrected chi connectivity index (χ1v) is 4.53. The van der Waals surface area contributed by atoms with E-state index in [1.165, 1.54) is 5.56 Å². The number of rotatable bonds is 4. The lowest BCUT2D eigenvalue weighted by atomic mass is 10.1. The highest BCUT2D eigenvalue weighted by Gasteiger charge is 2.05. The molecule has 0 amide bonds. The van der Waals surface area contributed by atoms with Crippen molar-refractivity contribution >= 4 is 0 Å². The summed E-state index contributed by atoms with van der Waals surface area (Å²) in [5, 5.41) is 9.56. The van der Waals surface area contributed by atoms with E-state index in [-0.39, 0.29) is 0 Å². The summed E-state index contributed by atoms with van der Waals surface area (Å²) < 4.78 is 4.86. The number of methoxy groups -OCH3 is 1. The zero-order valence-electron chi connectivity index (χ0n) is 8.16. The van der Waals surface area contributed by atoms with Crippen LogP contribution in [0.4, 0.5) is 0 Å². The minimum absolute atomic E-state index is 0.353. The molecule has 2 nitrogen and oxygen atoms in total. The third-order valence-electron chi connectivity index (χ3n) is 2.10. The van der Waals surface area contributed by atoms with Crippen LogP contribution < -0.4 is 0 Å². The molecule has 1 rings (SSSR count). The maximum absolute atomic E-state index is 9.56. The van der Waals surface area contributed by atoms with Crippen LogP contribution in [0.1, 0.15) is 24.2 Å². The molecule has 0 aliphatic carbocycles. The van der Waals surface area contributed by atoms with E-state index < -0.39 is 6.10 Å². The zero-order chi connectivity index (χ0) is 9.68.